The van der Waals surface area contributed by atoms with Crippen LogP contribution in [0.25, 0.3) is 0 Å². The molecule has 2 rings (SSSR count). The highest BCUT2D eigenvalue weighted by Gasteiger charge is 2.10. The largest absolute Gasteiger partial charge is 0.324 e. The van der Waals surface area contributed by atoms with Crippen LogP contribution in [0.5, 0.6) is 0 Å². The Morgan fingerprint density at radius 3 is 2.35 bits per heavy atom. The van der Waals surface area contributed by atoms with E-state index in [0.717, 1.165) is 11.1 Å². The first-order valence-corrected chi connectivity index (χ1v) is 6.17. The molecule has 0 spiro atoms. The Morgan fingerprint density at radius 2 is 1.65 bits per heavy atom. The Bertz CT molecular complexity index is 497. The smallest absolute Gasteiger partial charge is 0.0624 e. The van der Waals surface area contributed by atoms with E-state index in [-0.39, 0.29) is 6.04 Å². The van der Waals surface area contributed by atoms with Gasteiger partial charge in [-0.1, -0.05) is 65.7 Å². The zero-order chi connectivity index (χ0) is 12.3. The molecule has 1 nitrogen and oxygen atoms in total. The molecule has 0 fully saturated rings. The molecule has 0 amide bonds. The minimum Gasteiger partial charge on any atom is -0.324 e. The molecule has 0 bridgehead atoms. The summed E-state index contributed by atoms with van der Waals surface area (Å²) in [5.41, 5.74) is 8.23. The van der Waals surface area contributed by atoms with Gasteiger partial charge in [-0.2, -0.15) is 0 Å². The molecule has 1 atom stereocenters. The summed E-state index contributed by atoms with van der Waals surface area (Å²) >= 11 is 12.1. The lowest BCUT2D eigenvalue weighted by Gasteiger charge is -2.13. The van der Waals surface area contributed by atoms with E-state index in [0.29, 0.717) is 16.5 Å². The van der Waals surface area contributed by atoms with E-state index in [9.17, 15) is 0 Å². The van der Waals surface area contributed by atoms with Gasteiger partial charge in [-0.05, 0) is 23.6 Å². The molecule has 3 heteroatoms. The second kappa shape index (κ2) is 5.54. The van der Waals surface area contributed by atoms with E-state index in [1.54, 1.807) is 6.07 Å². The van der Waals surface area contributed by atoms with E-state index in [1.807, 2.05) is 42.5 Å². The summed E-state index contributed by atoms with van der Waals surface area (Å²) in [6.07, 6.45) is 0.684. The van der Waals surface area contributed by atoms with Crippen molar-refractivity contribution in [3.05, 3.63) is 69.7 Å². The van der Waals surface area contributed by atoms with Crippen LogP contribution in [0, 0.1) is 0 Å². The first-order chi connectivity index (χ1) is 8.18. The van der Waals surface area contributed by atoms with Crippen molar-refractivity contribution in [1.29, 1.82) is 0 Å². The van der Waals surface area contributed by atoms with Gasteiger partial charge in [-0.25, -0.2) is 0 Å². The Morgan fingerprint density at radius 1 is 0.941 bits per heavy atom. The Hall–Kier alpha value is -1.02. The topological polar surface area (TPSA) is 26.0 Å². The first-order valence-electron chi connectivity index (χ1n) is 5.42. The van der Waals surface area contributed by atoms with Crippen molar-refractivity contribution in [2.75, 3.05) is 0 Å². The molecular formula is C14H13Cl2N. The number of hydrogen-bond donors (Lipinski definition) is 1. The summed E-state index contributed by atoms with van der Waals surface area (Å²) < 4.78 is 0. The molecule has 0 aromatic heterocycles. The number of hydrogen-bond acceptors (Lipinski definition) is 1. The molecule has 1 unspecified atom stereocenters. The van der Waals surface area contributed by atoms with Gasteiger partial charge in [0, 0.05) is 6.04 Å². The highest BCUT2D eigenvalue weighted by molar-refractivity contribution is 6.42. The minimum atomic E-state index is -0.0628. The molecule has 88 valence electrons. The molecule has 2 aromatic rings. The molecule has 0 aliphatic heterocycles. The average Bonchev–Trinajstić information content (AvgIpc) is 2.36. The molecule has 2 N–H and O–H groups in total. The molecule has 0 heterocycles. The van der Waals surface area contributed by atoms with Crippen molar-refractivity contribution in [2.45, 2.75) is 12.5 Å². The molecule has 0 saturated heterocycles. The van der Waals surface area contributed by atoms with E-state index < -0.39 is 0 Å². The Kier molecular flexibility index (Phi) is 4.06. The van der Waals surface area contributed by atoms with Crippen LogP contribution in [0.2, 0.25) is 10.0 Å². The van der Waals surface area contributed by atoms with E-state index in [1.165, 1.54) is 0 Å². The summed E-state index contributed by atoms with van der Waals surface area (Å²) in [5, 5.41) is 1.17. The predicted octanol–water partition coefficient (Wildman–Crippen LogP) is 4.24. The van der Waals surface area contributed by atoms with Crippen LogP contribution < -0.4 is 5.73 Å². The van der Waals surface area contributed by atoms with Crippen LogP contribution in [0.4, 0.5) is 0 Å². The SMILES string of the molecule is NC(Cc1cccc(Cl)c1Cl)c1ccccc1. The van der Waals surface area contributed by atoms with Crippen LogP contribution in [-0.2, 0) is 6.42 Å². The second-order valence-corrected chi connectivity index (χ2v) is 4.72. The summed E-state index contributed by atoms with van der Waals surface area (Å²) in [7, 11) is 0. The second-order valence-electron chi connectivity index (χ2n) is 3.93. The standard InChI is InChI=1S/C14H13Cl2N/c15-12-8-4-7-11(14(12)16)9-13(17)10-5-2-1-3-6-10/h1-8,13H,9,17H2. The fourth-order valence-electron chi connectivity index (χ4n) is 1.76. The van der Waals surface area contributed by atoms with Gasteiger partial charge in [0.05, 0.1) is 10.0 Å². The monoisotopic (exact) mass is 265 g/mol. The predicted molar refractivity (Wildman–Crippen MR) is 73.5 cm³/mol. The van der Waals surface area contributed by atoms with Crippen molar-refractivity contribution in [3.63, 3.8) is 0 Å². The van der Waals surface area contributed by atoms with Crippen LogP contribution in [-0.4, -0.2) is 0 Å². The maximum Gasteiger partial charge on any atom is 0.0624 e. The third kappa shape index (κ3) is 3.01. The highest BCUT2D eigenvalue weighted by Crippen LogP contribution is 2.28. The first kappa shape index (κ1) is 12.4. The van der Waals surface area contributed by atoms with E-state index in [2.05, 4.69) is 0 Å². The van der Waals surface area contributed by atoms with Gasteiger partial charge in [0.1, 0.15) is 0 Å². The van der Waals surface area contributed by atoms with Gasteiger partial charge in [0.25, 0.3) is 0 Å². The van der Waals surface area contributed by atoms with Crippen LogP contribution in [0.1, 0.15) is 17.2 Å². The average molecular weight is 266 g/mol. The summed E-state index contributed by atoms with van der Waals surface area (Å²) in [6.45, 7) is 0. The lowest BCUT2D eigenvalue weighted by Crippen LogP contribution is -2.13. The van der Waals surface area contributed by atoms with Gasteiger partial charge >= 0.3 is 0 Å². The quantitative estimate of drug-likeness (QED) is 0.883. The molecule has 2 aromatic carbocycles. The molecular weight excluding hydrogens is 253 g/mol. The molecule has 0 aliphatic carbocycles. The molecule has 17 heavy (non-hydrogen) atoms. The van der Waals surface area contributed by atoms with Crippen LogP contribution >= 0.6 is 23.2 Å². The van der Waals surface area contributed by atoms with Gasteiger partial charge < -0.3 is 5.73 Å². The number of benzene rings is 2. The van der Waals surface area contributed by atoms with Crippen molar-refractivity contribution < 1.29 is 0 Å². The zero-order valence-electron chi connectivity index (χ0n) is 9.24. The third-order valence-corrected chi connectivity index (χ3v) is 3.56. The molecule has 0 saturated carbocycles. The third-order valence-electron chi connectivity index (χ3n) is 2.70. The van der Waals surface area contributed by atoms with Gasteiger partial charge in [-0.3, -0.25) is 0 Å². The van der Waals surface area contributed by atoms with E-state index >= 15 is 0 Å². The lowest BCUT2D eigenvalue weighted by molar-refractivity contribution is 0.722. The fourth-order valence-corrected chi connectivity index (χ4v) is 2.16. The van der Waals surface area contributed by atoms with Crippen molar-refractivity contribution in [1.82, 2.24) is 0 Å². The lowest BCUT2D eigenvalue weighted by atomic mass is 10.00. The highest BCUT2D eigenvalue weighted by atomic mass is 35.5. The maximum absolute atomic E-state index is 6.14. The minimum absolute atomic E-state index is 0.0628. The Labute approximate surface area is 111 Å². The number of rotatable bonds is 3. The van der Waals surface area contributed by atoms with Crippen LogP contribution in [0.3, 0.4) is 0 Å². The maximum atomic E-state index is 6.14. The number of nitrogens with two attached hydrogens (primary N) is 1. The van der Waals surface area contributed by atoms with Crippen molar-refractivity contribution >= 4 is 23.2 Å². The molecule has 0 radical (unpaired) electrons. The van der Waals surface area contributed by atoms with Gasteiger partial charge in [0.2, 0.25) is 0 Å². The molecule has 0 aliphatic rings. The zero-order valence-corrected chi connectivity index (χ0v) is 10.7. The van der Waals surface area contributed by atoms with Gasteiger partial charge in [0.15, 0.2) is 0 Å². The normalized spacial score (nSPS) is 12.4. The number of halogens is 2. The van der Waals surface area contributed by atoms with Gasteiger partial charge in [-0.15, -0.1) is 0 Å². The summed E-state index contributed by atoms with van der Waals surface area (Å²) in [5.74, 6) is 0. The summed E-state index contributed by atoms with van der Waals surface area (Å²) in [6, 6.07) is 15.5. The van der Waals surface area contributed by atoms with Crippen molar-refractivity contribution in [2.24, 2.45) is 5.73 Å². The fraction of sp³-hybridized carbons (Fsp3) is 0.143. The van der Waals surface area contributed by atoms with Crippen LogP contribution in [0.15, 0.2) is 48.5 Å². The van der Waals surface area contributed by atoms with Crippen molar-refractivity contribution in [3.8, 4) is 0 Å². The Balaban J connectivity index is 2.19. The summed E-state index contributed by atoms with van der Waals surface area (Å²) in [4.78, 5) is 0. The van der Waals surface area contributed by atoms with E-state index in [4.69, 9.17) is 28.9 Å².